The van der Waals surface area contributed by atoms with Crippen molar-refractivity contribution in [1.29, 1.82) is 0 Å². The molecule has 110 valence electrons. The van der Waals surface area contributed by atoms with E-state index in [0.717, 1.165) is 27.6 Å². The van der Waals surface area contributed by atoms with Gasteiger partial charge in [-0.25, -0.2) is 8.78 Å². The molecule has 1 aromatic heterocycles. The number of hydrogen-bond donors (Lipinski definition) is 0. The molecule has 3 heteroatoms. The van der Waals surface area contributed by atoms with E-state index in [-0.39, 0.29) is 11.6 Å². The molecule has 2 heterocycles. The minimum Gasteiger partial charge on any atom is -0.206 e. The van der Waals surface area contributed by atoms with Crippen LogP contribution in [0.25, 0.3) is 32.8 Å². The summed E-state index contributed by atoms with van der Waals surface area (Å²) in [6.45, 7) is 0.683. The molecule has 5 rings (SSSR count). The molecule has 0 N–H and O–H groups in total. The monoisotopic (exact) mass is 304 g/mol. The molecule has 1 nitrogen and oxygen atoms in total. The molecule has 0 amide bonds. The number of benzene rings is 3. The van der Waals surface area contributed by atoms with Gasteiger partial charge in [0, 0.05) is 28.5 Å². The molecule has 0 unspecified atom stereocenters. The van der Waals surface area contributed by atoms with Gasteiger partial charge in [0.1, 0.15) is 11.6 Å². The molecule has 3 aromatic carbocycles. The maximum absolute atomic E-state index is 14.9. The number of fused-ring (bicyclic) bond motifs is 7. The molecule has 0 spiro atoms. The highest BCUT2D eigenvalue weighted by molar-refractivity contribution is 6.10. The van der Waals surface area contributed by atoms with Gasteiger partial charge < -0.3 is 0 Å². The number of rotatable bonds is 0. The van der Waals surface area contributed by atoms with E-state index in [1.165, 1.54) is 6.07 Å². The van der Waals surface area contributed by atoms with Crippen molar-refractivity contribution in [1.82, 2.24) is 0 Å². The van der Waals surface area contributed by atoms with Crippen LogP contribution in [0.4, 0.5) is 8.78 Å². The number of nitrogens with zero attached hydrogens (tertiary/aromatic N) is 1. The molecule has 1 aliphatic heterocycles. The van der Waals surface area contributed by atoms with E-state index in [4.69, 9.17) is 0 Å². The Hall–Kier alpha value is -2.81. The van der Waals surface area contributed by atoms with E-state index in [1.54, 1.807) is 12.1 Å². The smallest absolute Gasteiger partial charge is 0.206 e. The van der Waals surface area contributed by atoms with E-state index in [0.29, 0.717) is 17.3 Å². The van der Waals surface area contributed by atoms with Gasteiger partial charge in [-0.2, -0.15) is 4.57 Å². The van der Waals surface area contributed by atoms with Crippen LogP contribution in [0.5, 0.6) is 0 Å². The fraction of sp³-hybridized carbons (Fsp3) is 0.0500. The van der Waals surface area contributed by atoms with Crippen LogP contribution in [0.2, 0.25) is 0 Å². The van der Waals surface area contributed by atoms with Crippen molar-refractivity contribution in [2.24, 2.45) is 0 Å². The molecule has 0 saturated heterocycles. The minimum atomic E-state index is -0.380. The summed E-state index contributed by atoms with van der Waals surface area (Å²) in [5, 5.41) is 2.26. The van der Waals surface area contributed by atoms with E-state index >= 15 is 0 Å². The van der Waals surface area contributed by atoms with E-state index < -0.39 is 0 Å². The van der Waals surface area contributed by atoms with Crippen LogP contribution in [-0.2, 0) is 6.54 Å². The Morgan fingerprint density at radius 1 is 0.826 bits per heavy atom. The summed E-state index contributed by atoms with van der Waals surface area (Å²) >= 11 is 0. The Balaban J connectivity index is 1.97. The third kappa shape index (κ3) is 1.62. The summed E-state index contributed by atoms with van der Waals surface area (Å²) in [7, 11) is 0. The van der Waals surface area contributed by atoms with Gasteiger partial charge in [0.15, 0.2) is 12.7 Å². The number of pyridine rings is 1. The molecule has 1 aliphatic rings. The highest BCUT2D eigenvalue weighted by atomic mass is 19.1. The summed E-state index contributed by atoms with van der Waals surface area (Å²) in [6, 6.07) is 16.1. The fourth-order valence-corrected chi connectivity index (χ4v) is 3.69. The number of aromatic nitrogens is 1. The lowest BCUT2D eigenvalue weighted by Gasteiger charge is -2.09. The molecule has 0 saturated carbocycles. The van der Waals surface area contributed by atoms with Gasteiger partial charge in [0.05, 0.1) is 5.56 Å². The van der Waals surface area contributed by atoms with Crippen LogP contribution >= 0.6 is 0 Å². The summed E-state index contributed by atoms with van der Waals surface area (Å²) in [6.07, 6.45) is 1.99. The minimum absolute atomic E-state index is 0.367. The first-order valence-electron chi connectivity index (χ1n) is 7.55. The molecule has 0 bridgehead atoms. The predicted molar refractivity (Wildman–Crippen MR) is 86.1 cm³/mol. The van der Waals surface area contributed by atoms with Gasteiger partial charge in [-0.1, -0.05) is 24.3 Å². The second kappa shape index (κ2) is 4.35. The molecular weight excluding hydrogens is 292 g/mol. The third-order valence-corrected chi connectivity index (χ3v) is 4.70. The first-order chi connectivity index (χ1) is 11.2. The zero-order valence-electron chi connectivity index (χ0n) is 12.2. The first-order valence-corrected chi connectivity index (χ1v) is 7.55. The second-order valence-electron chi connectivity index (χ2n) is 5.92. The van der Waals surface area contributed by atoms with Gasteiger partial charge in [0.25, 0.3) is 0 Å². The third-order valence-electron chi connectivity index (χ3n) is 4.70. The van der Waals surface area contributed by atoms with Crippen LogP contribution in [0.3, 0.4) is 0 Å². The first kappa shape index (κ1) is 12.7. The highest BCUT2D eigenvalue weighted by Gasteiger charge is 2.29. The lowest BCUT2D eigenvalue weighted by molar-refractivity contribution is -0.672. The van der Waals surface area contributed by atoms with Crippen molar-refractivity contribution in [3.05, 3.63) is 78.0 Å². The zero-order chi connectivity index (χ0) is 15.6. The molecular formula is C20H12F2N+. The number of halogens is 2. The normalized spacial score (nSPS) is 12.6. The Morgan fingerprint density at radius 2 is 1.74 bits per heavy atom. The Labute approximate surface area is 131 Å². The number of hydrogen-bond acceptors (Lipinski definition) is 0. The van der Waals surface area contributed by atoms with E-state index in [2.05, 4.69) is 4.57 Å². The van der Waals surface area contributed by atoms with Crippen LogP contribution < -0.4 is 4.57 Å². The summed E-state index contributed by atoms with van der Waals surface area (Å²) in [4.78, 5) is 0. The lowest BCUT2D eigenvalue weighted by Crippen LogP contribution is -2.31. The molecule has 23 heavy (non-hydrogen) atoms. The average Bonchev–Trinajstić information content (AvgIpc) is 2.93. The summed E-state index contributed by atoms with van der Waals surface area (Å²) < 4.78 is 31.3. The van der Waals surface area contributed by atoms with Gasteiger partial charge in [-0.15, -0.1) is 0 Å². The topological polar surface area (TPSA) is 3.88 Å². The van der Waals surface area contributed by atoms with Crippen LogP contribution in [0.15, 0.2) is 60.8 Å². The van der Waals surface area contributed by atoms with Gasteiger partial charge >= 0.3 is 0 Å². The van der Waals surface area contributed by atoms with Crippen molar-refractivity contribution in [2.75, 3.05) is 0 Å². The molecule has 0 atom stereocenters. The standard InChI is InChI=1S/C20H12F2N/c21-16-5-3-4-12-7-8-13-15-11-23-9-2-1-6-18(23)14(15)10-17(22)20(13)19(12)16/h1-10H,11H2/q+1. The second-order valence-corrected chi connectivity index (χ2v) is 5.92. The largest absolute Gasteiger partial charge is 0.213 e. The predicted octanol–water partition coefficient (Wildman–Crippen LogP) is 4.59. The quantitative estimate of drug-likeness (QED) is 0.291. The maximum atomic E-state index is 14.9. The molecule has 0 aliphatic carbocycles. The van der Waals surface area contributed by atoms with E-state index in [9.17, 15) is 8.78 Å². The Morgan fingerprint density at radius 3 is 2.65 bits per heavy atom. The maximum Gasteiger partial charge on any atom is 0.213 e. The van der Waals surface area contributed by atoms with Crippen LogP contribution in [-0.4, -0.2) is 0 Å². The van der Waals surface area contributed by atoms with Crippen molar-refractivity contribution in [3.8, 4) is 11.3 Å². The van der Waals surface area contributed by atoms with Gasteiger partial charge in [-0.05, 0) is 29.0 Å². The summed E-state index contributed by atoms with van der Waals surface area (Å²) in [5.74, 6) is -0.748. The average molecular weight is 304 g/mol. The van der Waals surface area contributed by atoms with Gasteiger partial charge in [-0.3, -0.25) is 0 Å². The van der Waals surface area contributed by atoms with Crippen LogP contribution in [0.1, 0.15) is 5.56 Å². The Bertz CT molecular complexity index is 1120. The Kier molecular flexibility index (Phi) is 2.41. The van der Waals surface area contributed by atoms with Crippen molar-refractivity contribution >= 4 is 21.5 Å². The zero-order valence-corrected chi connectivity index (χ0v) is 12.2. The van der Waals surface area contributed by atoms with E-state index in [1.807, 2.05) is 42.6 Å². The lowest BCUT2D eigenvalue weighted by atomic mass is 9.94. The van der Waals surface area contributed by atoms with Crippen molar-refractivity contribution < 1.29 is 13.3 Å². The molecule has 4 aromatic rings. The van der Waals surface area contributed by atoms with Crippen LogP contribution in [0, 0.1) is 11.6 Å². The summed E-state index contributed by atoms with van der Waals surface area (Å²) in [5.41, 5.74) is 2.95. The SMILES string of the molecule is Fc1cccc2ccc3c4c(cc(F)c3c12)-c1cccc[n+]1C4. The fourth-order valence-electron chi connectivity index (χ4n) is 3.69. The van der Waals surface area contributed by atoms with Gasteiger partial charge in [0.2, 0.25) is 5.69 Å². The molecule has 0 radical (unpaired) electrons. The van der Waals surface area contributed by atoms with Crippen molar-refractivity contribution in [2.45, 2.75) is 6.54 Å². The van der Waals surface area contributed by atoms with Crippen molar-refractivity contribution in [3.63, 3.8) is 0 Å². The molecule has 0 fully saturated rings. The highest BCUT2D eigenvalue weighted by Crippen LogP contribution is 2.38.